The maximum Gasteiger partial charge on any atom is 0.326 e. The van der Waals surface area contributed by atoms with Gasteiger partial charge >= 0.3 is 12.0 Å². The van der Waals surface area contributed by atoms with Gasteiger partial charge in [0.15, 0.2) is 0 Å². The zero-order valence-electron chi connectivity index (χ0n) is 10.2. The van der Waals surface area contributed by atoms with Crippen LogP contribution in [0.4, 0.5) is 4.79 Å². The summed E-state index contributed by atoms with van der Waals surface area (Å²) in [5.41, 5.74) is 0. The van der Waals surface area contributed by atoms with Gasteiger partial charge in [-0.05, 0) is 30.3 Å². The topological polar surface area (TPSA) is 98.7 Å². The van der Waals surface area contributed by atoms with Gasteiger partial charge in [-0.1, -0.05) is 0 Å². The molecule has 1 rings (SSSR count). The first kappa shape index (κ1) is 15.1. The average Bonchev–Trinajstić information content (AvgIpc) is 2.37. The Bertz CT molecular complexity index is 282. The lowest BCUT2D eigenvalue weighted by atomic mass is 10.0. The SMILES string of the molecule is O=C(NCC1CCSCC1)N[C@H](CCO)C(=O)O. The molecule has 4 N–H and O–H groups in total. The van der Waals surface area contributed by atoms with Gasteiger partial charge < -0.3 is 20.8 Å². The maximum atomic E-state index is 11.5. The van der Waals surface area contributed by atoms with Gasteiger partial charge in [0.05, 0.1) is 0 Å². The predicted octanol–water partition coefficient (Wildman–Crippen LogP) is 0.264. The molecule has 0 saturated carbocycles. The fraction of sp³-hybridized carbons (Fsp3) is 0.818. The van der Waals surface area contributed by atoms with Gasteiger partial charge in [-0.25, -0.2) is 9.59 Å². The molecule has 0 spiro atoms. The third-order valence-corrected chi connectivity index (χ3v) is 3.96. The zero-order chi connectivity index (χ0) is 13.4. The second-order valence-corrected chi connectivity index (χ2v) is 5.54. The number of carbonyl (C=O) groups excluding carboxylic acids is 1. The third kappa shape index (κ3) is 5.59. The number of carbonyl (C=O) groups is 2. The largest absolute Gasteiger partial charge is 0.480 e. The van der Waals surface area contributed by atoms with Crippen molar-refractivity contribution in [3.8, 4) is 0 Å². The Morgan fingerprint density at radius 1 is 1.33 bits per heavy atom. The van der Waals surface area contributed by atoms with E-state index < -0.39 is 18.0 Å². The number of aliphatic hydroxyl groups is 1. The highest BCUT2D eigenvalue weighted by Gasteiger charge is 2.20. The number of rotatable bonds is 6. The highest BCUT2D eigenvalue weighted by atomic mass is 32.2. The number of carboxylic acid groups (broad SMARTS) is 1. The van der Waals surface area contributed by atoms with Crippen molar-refractivity contribution in [3.05, 3.63) is 0 Å². The van der Waals surface area contributed by atoms with Gasteiger partial charge in [-0.15, -0.1) is 0 Å². The zero-order valence-corrected chi connectivity index (χ0v) is 11.0. The molecule has 0 aromatic carbocycles. The summed E-state index contributed by atoms with van der Waals surface area (Å²) in [6.45, 7) is 0.314. The van der Waals surface area contributed by atoms with E-state index >= 15 is 0 Å². The Kier molecular flexibility index (Phi) is 6.89. The van der Waals surface area contributed by atoms with Crippen molar-refractivity contribution >= 4 is 23.8 Å². The van der Waals surface area contributed by atoms with E-state index in [1.807, 2.05) is 11.8 Å². The second kappa shape index (κ2) is 8.20. The average molecular weight is 276 g/mol. The number of amides is 2. The maximum absolute atomic E-state index is 11.5. The van der Waals surface area contributed by atoms with Crippen LogP contribution in [0.5, 0.6) is 0 Å². The van der Waals surface area contributed by atoms with E-state index in [1.165, 1.54) is 0 Å². The number of thioether (sulfide) groups is 1. The van der Waals surface area contributed by atoms with E-state index in [9.17, 15) is 9.59 Å². The Labute approximate surface area is 111 Å². The van der Waals surface area contributed by atoms with Crippen LogP contribution in [0.3, 0.4) is 0 Å². The Morgan fingerprint density at radius 3 is 2.56 bits per heavy atom. The summed E-state index contributed by atoms with van der Waals surface area (Å²) in [7, 11) is 0. The van der Waals surface area contributed by atoms with Crippen molar-refractivity contribution in [1.82, 2.24) is 10.6 Å². The summed E-state index contributed by atoms with van der Waals surface area (Å²) in [6, 6.07) is -1.51. The van der Waals surface area contributed by atoms with E-state index in [0.717, 1.165) is 24.3 Å². The van der Waals surface area contributed by atoms with Crippen LogP contribution in [0, 0.1) is 5.92 Å². The Hall–Kier alpha value is -0.950. The fourth-order valence-corrected chi connectivity index (χ4v) is 2.99. The summed E-state index contributed by atoms with van der Waals surface area (Å²) < 4.78 is 0. The normalized spacial score (nSPS) is 18.1. The van der Waals surface area contributed by atoms with Crippen LogP contribution >= 0.6 is 11.8 Å². The van der Waals surface area contributed by atoms with Crippen LogP contribution in [0.25, 0.3) is 0 Å². The molecule has 0 aliphatic carbocycles. The molecule has 1 aliphatic rings. The highest BCUT2D eigenvalue weighted by Crippen LogP contribution is 2.21. The van der Waals surface area contributed by atoms with Gasteiger partial charge in [0.2, 0.25) is 0 Å². The summed E-state index contributed by atoms with van der Waals surface area (Å²) in [5, 5.41) is 22.5. The number of nitrogens with one attached hydrogen (secondary N) is 2. The molecular weight excluding hydrogens is 256 g/mol. The molecule has 6 nitrogen and oxygen atoms in total. The molecule has 1 fully saturated rings. The van der Waals surface area contributed by atoms with Gasteiger partial charge in [0.25, 0.3) is 0 Å². The number of urea groups is 1. The van der Waals surface area contributed by atoms with Gasteiger partial charge in [0, 0.05) is 19.6 Å². The number of aliphatic hydroxyl groups excluding tert-OH is 1. The Morgan fingerprint density at radius 2 is 2.00 bits per heavy atom. The first-order valence-corrected chi connectivity index (χ1v) is 7.24. The van der Waals surface area contributed by atoms with Crippen LogP contribution in [0.2, 0.25) is 0 Å². The van der Waals surface area contributed by atoms with Gasteiger partial charge in [-0.2, -0.15) is 11.8 Å². The first-order chi connectivity index (χ1) is 8.63. The van der Waals surface area contributed by atoms with E-state index in [0.29, 0.717) is 12.5 Å². The van der Waals surface area contributed by atoms with E-state index in [4.69, 9.17) is 10.2 Å². The van der Waals surface area contributed by atoms with Crippen LogP contribution in [-0.2, 0) is 4.79 Å². The predicted molar refractivity (Wildman–Crippen MR) is 69.7 cm³/mol. The van der Waals surface area contributed by atoms with Crippen molar-refractivity contribution in [2.75, 3.05) is 24.7 Å². The van der Waals surface area contributed by atoms with Crippen molar-refractivity contribution in [2.45, 2.75) is 25.3 Å². The van der Waals surface area contributed by atoms with Crippen LogP contribution in [-0.4, -0.2) is 52.9 Å². The third-order valence-electron chi connectivity index (χ3n) is 2.91. The number of aliphatic carboxylic acids is 1. The molecule has 0 unspecified atom stereocenters. The monoisotopic (exact) mass is 276 g/mol. The molecule has 2 amide bonds. The van der Waals surface area contributed by atoms with Gasteiger partial charge in [-0.3, -0.25) is 0 Å². The van der Waals surface area contributed by atoms with Crippen molar-refractivity contribution in [3.63, 3.8) is 0 Å². The number of hydrogen-bond acceptors (Lipinski definition) is 4. The summed E-state index contributed by atoms with van der Waals surface area (Å²) >= 11 is 1.92. The van der Waals surface area contributed by atoms with E-state index in [-0.39, 0.29) is 13.0 Å². The van der Waals surface area contributed by atoms with Crippen LogP contribution in [0.1, 0.15) is 19.3 Å². The second-order valence-electron chi connectivity index (χ2n) is 4.31. The molecule has 0 aromatic rings. The molecule has 0 radical (unpaired) electrons. The molecule has 104 valence electrons. The summed E-state index contributed by atoms with van der Waals surface area (Å²) in [5.74, 6) is 1.60. The number of hydrogen-bond donors (Lipinski definition) is 4. The molecule has 1 saturated heterocycles. The standard InChI is InChI=1S/C11H20N2O4S/c14-4-1-9(10(15)16)13-11(17)12-7-8-2-5-18-6-3-8/h8-9,14H,1-7H2,(H,15,16)(H2,12,13,17)/t9-/m1/s1. The van der Waals surface area contributed by atoms with Gasteiger partial charge in [0.1, 0.15) is 6.04 Å². The van der Waals surface area contributed by atoms with Crippen molar-refractivity contribution < 1.29 is 19.8 Å². The molecule has 0 bridgehead atoms. The van der Waals surface area contributed by atoms with E-state index in [2.05, 4.69) is 10.6 Å². The lowest BCUT2D eigenvalue weighted by molar-refractivity contribution is -0.139. The minimum Gasteiger partial charge on any atom is -0.480 e. The minimum atomic E-state index is -1.13. The summed E-state index contributed by atoms with van der Waals surface area (Å²) in [4.78, 5) is 22.3. The summed E-state index contributed by atoms with van der Waals surface area (Å²) in [6.07, 6.45) is 2.19. The molecule has 1 heterocycles. The molecule has 7 heteroatoms. The lowest BCUT2D eigenvalue weighted by Gasteiger charge is -2.22. The first-order valence-electron chi connectivity index (χ1n) is 6.09. The van der Waals surface area contributed by atoms with Crippen molar-refractivity contribution in [2.24, 2.45) is 5.92 Å². The lowest BCUT2D eigenvalue weighted by Crippen LogP contribution is -2.47. The van der Waals surface area contributed by atoms with Crippen molar-refractivity contribution in [1.29, 1.82) is 0 Å². The molecule has 1 atom stereocenters. The highest BCUT2D eigenvalue weighted by molar-refractivity contribution is 7.99. The van der Waals surface area contributed by atoms with Crippen LogP contribution < -0.4 is 10.6 Å². The molecule has 0 aromatic heterocycles. The Balaban J connectivity index is 2.24. The minimum absolute atomic E-state index is 0.0167. The molecular formula is C11H20N2O4S. The quantitative estimate of drug-likeness (QED) is 0.558. The molecule has 1 aliphatic heterocycles. The number of carboxylic acids is 1. The fourth-order valence-electron chi connectivity index (χ4n) is 1.78. The smallest absolute Gasteiger partial charge is 0.326 e. The van der Waals surface area contributed by atoms with Crippen LogP contribution in [0.15, 0.2) is 0 Å². The van der Waals surface area contributed by atoms with E-state index in [1.54, 1.807) is 0 Å². The molecule has 18 heavy (non-hydrogen) atoms.